The van der Waals surface area contributed by atoms with E-state index in [0.717, 1.165) is 0 Å². The quantitative estimate of drug-likeness (QED) is 0.392. The van der Waals surface area contributed by atoms with Gasteiger partial charge in [0.2, 0.25) is 23.6 Å². The van der Waals surface area contributed by atoms with Crippen molar-refractivity contribution >= 4 is 29.4 Å². The highest BCUT2D eigenvalue weighted by Gasteiger charge is 2.45. The molecule has 2 heterocycles. The lowest BCUT2D eigenvalue weighted by Gasteiger charge is -2.35. The summed E-state index contributed by atoms with van der Waals surface area (Å²) in [5.41, 5.74) is -0.0811. The minimum atomic E-state index is -1.09. The zero-order chi connectivity index (χ0) is 31.7. The Kier molecular flexibility index (Phi) is 10.3. The van der Waals surface area contributed by atoms with Crippen LogP contribution in [0.3, 0.4) is 0 Å². The van der Waals surface area contributed by atoms with Gasteiger partial charge in [-0.1, -0.05) is 83.1 Å². The van der Waals surface area contributed by atoms with Gasteiger partial charge in [-0.25, -0.2) is 0 Å². The number of amides is 4. The molecule has 0 aromatic carbocycles. The topological polar surface area (TPSA) is 98.3 Å². The second kappa shape index (κ2) is 12.3. The van der Waals surface area contributed by atoms with Gasteiger partial charge >= 0.3 is 0 Å². The highest BCUT2D eigenvalue weighted by atomic mass is 16.2. The molecule has 2 aliphatic heterocycles. The number of ketones is 1. The zero-order valence-electron chi connectivity index (χ0n) is 27.6. The van der Waals surface area contributed by atoms with Gasteiger partial charge in [-0.3, -0.25) is 24.0 Å². The molecule has 0 N–H and O–H groups in total. The van der Waals surface area contributed by atoms with E-state index in [0.29, 0.717) is 31.8 Å². The van der Waals surface area contributed by atoms with Crippen LogP contribution >= 0.6 is 0 Å². The van der Waals surface area contributed by atoms with Crippen molar-refractivity contribution in [1.82, 2.24) is 19.6 Å². The van der Waals surface area contributed by atoms with E-state index in [1.54, 1.807) is 9.80 Å². The monoisotopic (exact) mass is 574 g/mol. The lowest BCUT2D eigenvalue weighted by Crippen LogP contribution is -2.47. The fourth-order valence-electron chi connectivity index (χ4n) is 5.36. The Labute approximate surface area is 247 Å². The van der Waals surface area contributed by atoms with Gasteiger partial charge in [0, 0.05) is 38.8 Å². The van der Waals surface area contributed by atoms with E-state index in [1.807, 2.05) is 0 Å². The average molecular weight is 575 g/mol. The molecule has 232 valence electrons. The zero-order valence-corrected chi connectivity index (χ0v) is 27.6. The van der Waals surface area contributed by atoms with Gasteiger partial charge in [-0.15, -0.1) is 0 Å². The second-order valence-corrected chi connectivity index (χ2v) is 16.7. The molecule has 4 amide bonds. The normalized spacial score (nSPS) is 18.8. The molecular formula is C32H54N4O5. The van der Waals surface area contributed by atoms with E-state index in [4.69, 9.17) is 0 Å². The molecule has 2 rings (SSSR count). The predicted molar refractivity (Wildman–Crippen MR) is 161 cm³/mol. The molecule has 0 aromatic heterocycles. The molecule has 2 aliphatic rings. The van der Waals surface area contributed by atoms with Gasteiger partial charge in [0.15, 0.2) is 5.78 Å². The lowest BCUT2D eigenvalue weighted by atomic mass is 9.92. The van der Waals surface area contributed by atoms with Crippen molar-refractivity contribution in [3.05, 3.63) is 11.6 Å². The number of nitrogens with zero attached hydrogens (tertiary/aromatic N) is 4. The molecule has 0 radical (unpaired) electrons. The molecule has 1 saturated heterocycles. The molecule has 0 bridgehead atoms. The van der Waals surface area contributed by atoms with Crippen LogP contribution in [0.4, 0.5) is 0 Å². The van der Waals surface area contributed by atoms with Crippen molar-refractivity contribution < 1.29 is 24.0 Å². The van der Waals surface area contributed by atoms with E-state index < -0.39 is 11.8 Å². The molecular weight excluding hydrogens is 520 g/mol. The van der Waals surface area contributed by atoms with Crippen LogP contribution in [0.1, 0.15) is 83.1 Å². The molecule has 1 unspecified atom stereocenters. The van der Waals surface area contributed by atoms with Gasteiger partial charge in [0.25, 0.3) is 0 Å². The van der Waals surface area contributed by atoms with Crippen molar-refractivity contribution in [3.8, 4) is 0 Å². The maximum Gasteiger partial charge on any atom is 0.247 e. The molecule has 0 saturated carbocycles. The van der Waals surface area contributed by atoms with Gasteiger partial charge in [-0.05, 0) is 27.2 Å². The minimum Gasteiger partial charge on any atom is -0.340 e. The van der Waals surface area contributed by atoms with Crippen LogP contribution < -0.4 is 0 Å². The summed E-state index contributed by atoms with van der Waals surface area (Å²) >= 11 is 0. The number of carbonyl (C=O) groups excluding carboxylic acids is 5. The highest BCUT2D eigenvalue weighted by Crippen LogP contribution is 2.28. The van der Waals surface area contributed by atoms with Gasteiger partial charge in [-0.2, -0.15) is 0 Å². The van der Waals surface area contributed by atoms with E-state index >= 15 is 0 Å². The van der Waals surface area contributed by atoms with Gasteiger partial charge in [0.05, 0.1) is 6.54 Å². The summed E-state index contributed by atoms with van der Waals surface area (Å²) < 4.78 is 0. The standard InChI is InChI=1S/C32H54N4O5/c1-29(2,3)18-35(19-30(4,5)6)25(39)16-33-14-22(13-24(33)38)27-23(37)15-34(28(27)41)17-26(40)36(20-31(7,8)9)21-32(10,11)12/h13,27H,14-21H2,1-12H3. The van der Waals surface area contributed by atoms with E-state index in [9.17, 15) is 24.0 Å². The summed E-state index contributed by atoms with van der Waals surface area (Å²) in [5.74, 6) is -2.60. The Morgan fingerprint density at radius 2 is 1.02 bits per heavy atom. The Morgan fingerprint density at radius 1 is 0.659 bits per heavy atom. The molecule has 1 atom stereocenters. The summed E-state index contributed by atoms with van der Waals surface area (Å²) in [6.45, 7) is 26.5. The molecule has 9 nitrogen and oxygen atoms in total. The summed E-state index contributed by atoms with van der Waals surface area (Å²) in [6.07, 6.45) is 1.32. The first kappa shape index (κ1) is 34.5. The third kappa shape index (κ3) is 10.9. The van der Waals surface area contributed by atoms with Crippen molar-refractivity contribution in [2.75, 3.05) is 52.4 Å². The first-order valence-electron chi connectivity index (χ1n) is 14.7. The van der Waals surface area contributed by atoms with Crippen LogP contribution in [-0.4, -0.2) is 101 Å². The Morgan fingerprint density at radius 3 is 1.39 bits per heavy atom. The summed E-state index contributed by atoms with van der Waals surface area (Å²) in [4.78, 5) is 72.2. The highest BCUT2D eigenvalue weighted by molar-refractivity contribution is 6.13. The molecule has 1 fully saturated rings. The van der Waals surface area contributed by atoms with Crippen LogP contribution in [0.5, 0.6) is 0 Å². The fourth-order valence-corrected chi connectivity index (χ4v) is 5.36. The maximum absolute atomic E-state index is 13.4. The maximum atomic E-state index is 13.4. The molecule has 41 heavy (non-hydrogen) atoms. The van der Waals surface area contributed by atoms with Crippen molar-refractivity contribution in [3.63, 3.8) is 0 Å². The first-order valence-corrected chi connectivity index (χ1v) is 14.7. The first-order chi connectivity index (χ1) is 18.3. The largest absolute Gasteiger partial charge is 0.340 e. The number of hydrogen-bond donors (Lipinski definition) is 0. The Bertz CT molecular complexity index is 1030. The molecule has 0 aromatic rings. The van der Waals surface area contributed by atoms with Crippen LogP contribution in [0.25, 0.3) is 0 Å². The second-order valence-electron chi connectivity index (χ2n) is 16.7. The summed E-state index contributed by atoms with van der Waals surface area (Å²) in [6, 6.07) is 0. The minimum absolute atomic E-state index is 0.0492. The van der Waals surface area contributed by atoms with Crippen molar-refractivity contribution in [2.45, 2.75) is 83.1 Å². The van der Waals surface area contributed by atoms with Crippen LogP contribution in [0, 0.1) is 27.6 Å². The van der Waals surface area contributed by atoms with Crippen LogP contribution in [-0.2, 0) is 24.0 Å². The van der Waals surface area contributed by atoms with Crippen LogP contribution in [0.15, 0.2) is 11.6 Å². The number of hydrogen-bond acceptors (Lipinski definition) is 5. The van der Waals surface area contributed by atoms with Crippen molar-refractivity contribution in [2.24, 2.45) is 27.6 Å². The predicted octanol–water partition coefficient (Wildman–Crippen LogP) is 3.62. The number of likely N-dealkylation sites (tertiary alicyclic amines) is 1. The van der Waals surface area contributed by atoms with Crippen molar-refractivity contribution in [1.29, 1.82) is 0 Å². The molecule has 0 aliphatic carbocycles. The number of rotatable bonds is 9. The van der Waals surface area contributed by atoms with E-state index in [2.05, 4.69) is 83.1 Å². The number of carbonyl (C=O) groups is 5. The third-order valence-electron chi connectivity index (χ3n) is 6.61. The van der Waals surface area contributed by atoms with E-state index in [1.165, 1.54) is 15.9 Å². The molecule has 0 spiro atoms. The smallest absolute Gasteiger partial charge is 0.247 e. The summed E-state index contributed by atoms with van der Waals surface area (Å²) in [5, 5.41) is 0. The third-order valence-corrected chi connectivity index (χ3v) is 6.61. The van der Waals surface area contributed by atoms with Crippen LogP contribution in [0.2, 0.25) is 0 Å². The number of Topliss-reactive ketones (excluding diaryl/α,β-unsaturated/α-hetero) is 1. The lowest BCUT2D eigenvalue weighted by molar-refractivity contribution is -0.141. The molecule has 9 heteroatoms. The van der Waals surface area contributed by atoms with Gasteiger partial charge < -0.3 is 19.6 Å². The SMILES string of the molecule is CC(C)(C)CN(CC(C)(C)C)C(=O)CN1CC(C2C(=O)CN(CC(=O)N(CC(C)(C)C)CC(C)(C)C)C2=O)=CC1=O. The van der Waals surface area contributed by atoms with E-state index in [-0.39, 0.29) is 71.3 Å². The fraction of sp³-hybridized carbons (Fsp3) is 0.781. The Balaban J connectivity index is 2.12. The average Bonchev–Trinajstić information content (AvgIpc) is 3.20. The summed E-state index contributed by atoms with van der Waals surface area (Å²) in [7, 11) is 0. The Hall–Kier alpha value is -2.71. The van der Waals surface area contributed by atoms with Gasteiger partial charge in [0.1, 0.15) is 19.0 Å².